The Morgan fingerprint density at radius 2 is 0.370 bits per heavy atom. The molecule has 3 heteroatoms. The average Bonchev–Trinajstić information content (AvgIpc) is 4.41. The Morgan fingerprint density at radius 3 is 0.556 bits per heavy atom. The highest BCUT2D eigenvalue weighted by Gasteiger charge is 2.21. The van der Waals surface area contributed by atoms with Crippen LogP contribution in [0.15, 0.2) is 72.8 Å². The van der Waals surface area contributed by atoms with E-state index in [0.717, 1.165) is 0 Å². The highest BCUT2D eigenvalue weighted by atomic mass is 32.1. The van der Waals surface area contributed by atoms with Crippen LogP contribution in [-0.4, -0.2) is 0 Å². The molecule has 0 N–H and O–H groups in total. The molecule has 3 heterocycles. The monoisotopic (exact) mass is 1150 g/mol. The van der Waals surface area contributed by atoms with Crippen LogP contribution in [0.5, 0.6) is 0 Å². The molecule has 0 unspecified atom stereocenters. The Kier molecular flexibility index (Phi) is 30.6. The molecule has 0 aliphatic heterocycles. The van der Waals surface area contributed by atoms with Gasteiger partial charge in [-0.05, 0) is 145 Å². The van der Waals surface area contributed by atoms with E-state index >= 15 is 0 Å². The maximum Gasteiger partial charge on any atom is 0.0451 e. The normalized spacial score (nSPS) is 11.9. The molecule has 0 nitrogen and oxygen atoms in total. The topological polar surface area (TPSA) is 0 Å². The molecule has 0 saturated heterocycles. The quantitative estimate of drug-likeness (QED) is 0.0334. The van der Waals surface area contributed by atoms with E-state index in [1.54, 1.807) is 33.4 Å². The maximum absolute atomic E-state index is 2.65. The van der Waals surface area contributed by atoms with Crippen LogP contribution in [0.4, 0.5) is 0 Å². The lowest BCUT2D eigenvalue weighted by Crippen LogP contribution is -1.93. The lowest BCUT2D eigenvalue weighted by molar-refractivity contribution is 0.605. The van der Waals surface area contributed by atoms with Gasteiger partial charge in [0.2, 0.25) is 0 Å². The Hall–Kier alpha value is -3.24. The summed E-state index contributed by atoms with van der Waals surface area (Å²) in [4.78, 5) is 4.37. The van der Waals surface area contributed by atoms with E-state index in [4.69, 9.17) is 0 Å². The van der Waals surface area contributed by atoms with E-state index in [9.17, 15) is 0 Å². The zero-order chi connectivity index (χ0) is 56.7. The van der Waals surface area contributed by atoms with Crippen LogP contribution in [0.25, 0.3) is 61.6 Å². The van der Waals surface area contributed by atoms with Crippen LogP contribution in [0.1, 0.15) is 306 Å². The second kappa shape index (κ2) is 37.9. The SMILES string of the molecule is CCCCCCCCc1cc(CCCCCCCC)cc(-c2cc3c(s2)c2cc(-c4cc(CCCCCCCC)cc(CCCCCCCC)c4)sc2c2cc(-c4cc(CCCCCCCC)cc(CCCCCCCC)c4)sc32)c1. The molecule has 0 atom stereocenters. The number of unbranched alkanes of at least 4 members (excludes halogenated alkanes) is 30. The predicted molar refractivity (Wildman–Crippen MR) is 371 cm³/mol. The van der Waals surface area contributed by atoms with Crippen molar-refractivity contribution < 1.29 is 0 Å². The van der Waals surface area contributed by atoms with Crippen molar-refractivity contribution in [3.63, 3.8) is 0 Å². The van der Waals surface area contributed by atoms with Gasteiger partial charge in [-0.15, -0.1) is 34.0 Å². The summed E-state index contributed by atoms with van der Waals surface area (Å²) in [7, 11) is 0. The molecule has 0 spiro atoms. The largest absolute Gasteiger partial charge is 0.134 e. The Bertz CT molecular complexity index is 2320. The van der Waals surface area contributed by atoms with Gasteiger partial charge in [0, 0.05) is 44.9 Å². The molecule has 7 rings (SSSR count). The highest BCUT2D eigenvalue weighted by Crippen LogP contribution is 2.51. The predicted octanol–water partition coefficient (Wildman–Crippen LogP) is 27.7. The third-order valence-corrected chi connectivity index (χ3v) is 21.5. The Morgan fingerprint density at radius 1 is 0.198 bits per heavy atom. The van der Waals surface area contributed by atoms with E-state index in [2.05, 4.69) is 148 Å². The van der Waals surface area contributed by atoms with Crippen LogP contribution in [0.2, 0.25) is 0 Å². The van der Waals surface area contributed by atoms with Crippen molar-refractivity contribution in [2.24, 2.45) is 0 Å². The van der Waals surface area contributed by atoms with Gasteiger partial charge in [-0.2, -0.15) is 0 Å². The first kappa shape index (κ1) is 65.3. The summed E-state index contributed by atoms with van der Waals surface area (Å²) in [6.07, 6.45) is 55.8. The maximum atomic E-state index is 2.65. The van der Waals surface area contributed by atoms with Gasteiger partial charge in [0.25, 0.3) is 0 Å². The van der Waals surface area contributed by atoms with Gasteiger partial charge in [-0.3, -0.25) is 0 Å². The van der Waals surface area contributed by atoms with Crippen LogP contribution >= 0.6 is 34.0 Å². The standard InChI is InChI=1S/C78H114S3/c1-7-13-19-25-31-37-43-61-49-62(44-38-32-26-20-14-8-2)53-67(52-61)73-58-70-76(79-73)71-59-74(68-54-63(45-39-33-27-21-15-9-3)50-64(55-68)46-40-34-28-22-16-10-4)81-78(71)72-60-75(80-77(70)72)69-56-65(47-41-35-29-23-17-11-5)51-66(57-69)48-42-36-30-24-18-12-6/h49-60H,7-48H2,1-6H3. The second-order valence-electron chi connectivity index (χ2n) is 25.3. The average molecular weight is 1150 g/mol. The molecule has 0 bridgehead atoms. The van der Waals surface area contributed by atoms with Crippen LogP contribution in [0, 0.1) is 0 Å². The summed E-state index contributed by atoms with van der Waals surface area (Å²) in [5.41, 5.74) is 13.7. The number of hydrogen-bond donors (Lipinski definition) is 0. The molecule has 0 saturated carbocycles. The van der Waals surface area contributed by atoms with Gasteiger partial charge in [0.15, 0.2) is 0 Å². The summed E-state index contributed by atoms with van der Waals surface area (Å²) in [6.45, 7) is 14.0. The lowest BCUT2D eigenvalue weighted by atomic mass is 9.96. The lowest BCUT2D eigenvalue weighted by Gasteiger charge is -2.10. The molecule has 0 aliphatic rings. The van der Waals surface area contributed by atoms with Crippen LogP contribution < -0.4 is 0 Å². The third kappa shape index (κ3) is 21.7. The van der Waals surface area contributed by atoms with Crippen LogP contribution in [-0.2, 0) is 38.5 Å². The zero-order valence-corrected chi connectivity index (χ0v) is 55.3. The molecule has 0 aliphatic carbocycles. The molecule has 0 fully saturated rings. The molecule has 3 aromatic heterocycles. The summed E-state index contributed by atoms with van der Waals surface area (Å²) in [5, 5.41) is 4.44. The molecule has 7 aromatic rings. The number of fused-ring (bicyclic) bond motifs is 6. The molecule has 444 valence electrons. The molecule has 81 heavy (non-hydrogen) atoms. The van der Waals surface area contributed by atoms with Gasteiger partial charge >= 0.3 is 0 Å². The van der Waals surface area contributed by atoms with Crippen molar-refractivity contribution in [1.29, 1.82) is 0 Å². The number of rotatable bonds is 45. The minimum atomic E-state index is 1.20. The zero-order valence-electron chi connectivity index (χ0n) is 52.9. The summed E-state index contributed by atoms with van der Waals surface area (Å²) in [6, 6.07) is 31.4. The summed E-state index contributed by atoms with van der Waals surface area (Å²) >= 11 is 6.29. The second-order valence-corrected chi connectivity index (χ2v) is 28.4. The van der Waals surface area contributed by atoms with Crippen molar-refractivity contribution in [3.8, 4) is 31.3 Å². The molecule has 0 radical (unpaired) electrons. The summed E-state index contributed by atoms with van der Waals surface area (Å²) in [5.74, 6) is 0. The van der Waals surface area contributed by atoms with E-state index in [0.29, 0.717) is 0 Å². The molecule has 4 aromatic carbocycles. The van der Waals surface area contributed by atoms with E-state index < -0.39 is 0 Å². The molecular formula is C78H114S3. The fourth-order valence-electron chi connectivity index (χ4n) is 12.9. The minimum Gasteiger partial charge on any atom is -0.134 e. The minimum absolute atomic E-state index is 1.20. The Labute approximate surface area is 509 Å². The number of thiophene rings is 3. The van der Waals surface area contributed by atoms with Crippen molar-refractivity contribution in [1.82, 2.24) is 0 Å². The smallest absolute Gasteiger partial charge is 0.0451 e. The number of hydrogen-bond acceptors (Lipinski definition) is 3. The first-order valence-corrected chi connectivity index (χ1v) is 37.2. The van der Waals surface area contributed by atoms with Crippen molar-refractivity contribution in [2.45, 2.75) is 311 Å². The van der Waals surface area contributed by atoms with E-state index in [1.807, 2.05) is 0 Å². The van der Waals surface area contributed by atoms with Gasteiger partial charge in [-0.1, -0.05) is 289 Å². The van der Waals surface area contributed by atoms with E-state index in [1.165, 1.54) is 331 Å². The van der Waals surface area contributed by atoms with Gasteiger partial charge in [0.05, 0.1) is 0 Å². The summed E-state index contributed by atoms with van der Waals surface area (Å²) < 4.78 is 4.50. The molecular weight excluding hydrogens is 1030 g/mol. The van der Waals surface area contributed by atoms with Crippen LogP contribution in [0.3, 0.4) is 0 Å². The first-order chi connectivity index (χ1) is 39.9. The number of aryl methyl sites for hydroxylation is 6. The Balaban J connectivity index is 1.32. The van der Waals surface area contributed by atoms with E-state index in [-0.39, 0.29) is 0 Å². The van der Waals surface area contributed by atoms with Crippen molar-refractivity contribution in [3.05, 3.63) is 106 Å². The van der Waals surface area contributed by atoms with Gasteiger partial charge in [0.1, 0.15) is 0 Å². The third-order valence-electron chi connectivity index (χ3n) is 17.9. The fraction of sp³-hybridized carbons (Fsp3) is 0.615. The van der Waals surface area contributed by atoms with Gasteiger partial charge < -0.3 is 0 Å². The fourth-order valence-corrected chi connectivity index (χ4v) is 16.7. The van der Waals surface area contributed by atoms with Gasteiger partial charge in [-0.25, -0.2) is 0 Å². The highest BCUT2D eigenvalue weighted by molar-refractivity contribution is 7.29. The molecule has 0 amide bonds. The van der Waals surface area contributed by atoms with Crippen molar-refractivity contribution in [2.75, 3.05) is 0 Å². The first-order valence-electron chi connectivity index (χ1n) is 34.8. The van der Waals surface area contributed by atoms with Crippen molar-refractivity contribution >= 4 is 64.3 Å². The number of benzene rings is 4.